The average Bonchev–Trinajstić information content (AvgIpc) is 2.73. The summed E-state index contributed by atoms with van der Waals surface area (Å²) in [6.07, 6.45) is 3.13. The number of aromatic nitrogens is 3. The minimum Gasteiger partial charge on any atom is -0.491 e. The minimum atomic E-state index is -0.366. The third kappa shape index (κ3) is 6.04. The number of rotatable bonds is 8. The van der Waals surface area contributed by atoms with Gasteiger partial charge in [-0.15, -0.1) is 5.10 Å². The molecule has 1 unspecified atom stereocenters. The molecule has 0 saturated carbocycles. The molecule has 1 aromatic heterocycles. The summed E-state index contributed by atoms with van der Waals surface area (Å²) in [6, 6.07) is 9.75. The van der Waals surface area contributed by atoms with E-state index in [4.69, 9.17) is 14.2 Å². The zero-order chi connectivity index (χ0) is 20.6. The van der Waals surface area contributed by atoms with Gasteiger partial charge in [-0.1, -0.05) is 18.2 Å². The van der Waals surface area contributed by atoms with Crippen molar-refractivity contribution < 1.29 is 14.2 Å². The fourth-order valence-corrected chi connectivity index (χ4v) is 2.25. The van der Waals surface area contributed by atoms with Gasteiger partial charge in [0.25, 0.3) is 0 Å². The first-order valence-corrected chi connectivity index (χ1v) is 9.11. The molecule has 0 amide bonds. The normalized spacial score (nSPS) is 15.3. The van der Waals surface area contributed by atoms with Crippen molar-refractivity contribution in [3.8, 4) is 11.8 Å². The number of hydrogen-bond acceptors (Lipinski definition) is 10. The van der Waals surface area contributed by atoms with Crippen LogP contribution in [0.25, 0.3) is 0 Å². The second kappa shape index (κ2) is 9.69. The summed E-state index contributed by atoms with van der Waals surface area (Å²) in [5, 5.41) is 4.16. The quantitative estimate of drug-likeness (QED) is 0.658. The molecular weight excluding hydrogens is 374 g/mol. The van der Waals surface area contributed by atoms with Gasteiger partial charge in [-0.3, -0.25) is 5.43 Å². The number of hydrogen-bond donors (Lipinski definition) is 1. The van der Waals surface area contributed by atoms with E-state index in [-0.39, 0.29) is 12.2 Å². The molecule has 29 heavy (non-hydrogen) atoms. The van der Waals surface area contributed by atoms with E-state index in [0.29, 0.717) is 31.0 Å². The third-order valence-corrected chi connectivity index (χ3v) is 3.70. The van der Waals surface area contributed by atoms with Crippen LogP contribution >= 0.6 is 0 Å². The Morgan fingerprint density at radius 3 is 2.21 bits per heavy atom. The number of benzene rings is 1. The molecule has 3 rings (SSSR count). The lowest BCUT2D eigenvalue weighted by Gasteiger charge is -2.19. The Labute approximate surface area is 169 Å². The van der Waals surface area contributed by atoms with Crippen molar-refractivity contribution in [3.05, 3.63) is 42.5 Å². The Hall–Kier alpha value is -3.40. The third-order valence-electron chi connectivity index (χ3n) is 3.70. The summed E-state index contributed by atoms with van der Waals surface area (Å²) in [7, 11) is 7.40. The van der Waals surface area contributed by atoms with E-state index in [9.17, 15) is 0 Å². The number of hydrazone groups is 1. The van der Waals surface area contributed by atoms with Crippen LogP contribution in [0.1, 0.15) is 0 Å². The van der Waals surface area contributed by atoms with E-state index >= 15 is 0 Å². The van der Waals surface area contributed by atoms with Gasteiger partial charge in [-0.05, 0) is 18.2 Å². The van der Waals surface area contributed by atoms with E-state index in [1.807, 2.05) is 58.5 Å². The van der Waals surface area contributed by atoms with Crippen molar-refractivity contribution in [2.45, 2.75) is 6.23 Å². The van der Waals surface area contributed by atoms with Crippen LogP contribution < -0.4 is 24.7 Å². The van der Waals surface area contributed by atoms with Crippen molar-refractivity contribution in [3.63, 3.8) is 0 Å². The van der Waals surface area contributed by atoms with Gasteiger partial charge in [-0.25, -0.2) is 0 Å². The number of nitrogens with zero attached hydrogens (tertiary/aromatic N) is 6. The topological polar surface area (TPSA) is 97.2 Å². The van der Waals surface area contributed by atoms with Gasteiger partial charge >= 0.3 is 6.01 Å². The molecule has 1 atom stereocenters. The average molecular weight is 399 g/mol. The Morgan fingerprint density at radius 2 is 1.62 bits per heavy atom. The smallest absolute Gasteiger partial charge is 0.330 e. The molecule has 2 aromatic rings. The molecule has 0 spiro atoms. The number of para-hydroxylation sites is 1. The number of anilines is 2. The molecule has 0 aliphatic carbocycles. The van der Waals surface area contributed by atoms with Crippen LogP contribution in [0, 0.1) is 0 Å². The van der Waals surface area contributed by atoms with E-state index in [1.54, 1.807) is 22.0 Å². The molecular formula is C19H25N7O3. The van der Waals surface area contributed by atoms with E-state index in [0.717, 1.165) is 5.75 Å². The van der Waals surface area contributed by atoms with Crippen LogP contribution in [0.2, 0.25) is 0 Å². The highest BCUT2D eigenvalue weighted by Gasteiger charge is 2.15. The van der Waals surface area contributed by atoms with Crippen molar-refractivity contribution in [1.29, 1.82) is 0 Å². The molecule has 2 heterocycles. The van der Waals surface area contributed by atoms with Gasteiger partial charge in [0.2, 0.25) is 17.8 Å². The molecule has 10 nitrogen and oxygen atoms in total. The predicted octanol–water partition coefficient (Wildman–Crippen LogP) is 1.28. The van der Waals surface area contributed by atoms with Crippen molar-refractivity contribution in [2.75, 3.05) is 51.2 Å². The Bertz CT molecular complexity index is 830. The molecule has 1 aliphatic heterocycles. The van der Waals surface area contributed by atoms with Crippen molar-refractivity contribution in [2.24, 2.45) is 5.10 Å². The zero-order valence-corrected chi connectivity index (χ0v) is 16.9. The van der Waals surface area contributed by atoms with Gasteiger partial charge in [0.05, 0.1) is 6.61 Å². The Kier molecular flexibility index (Phi) is 6.80. The minimum absolute atomic E-state index is 0.160. The highest BCUT2D eigenvalue weighted by atomic mass is 16.5. The first-order chi connectivity index (χ1) is 14.0. The summed E-state index contributed by atoms with van der Waals surface area (Å²) >= 11 is 0. The standard InChI is InChI=1S/C19H25N7O3/c1-25(2)17-20-18(26(3)4)22-19(21-17)29-16-11-10-15(23-24-16)28-13-12-27-14-8-6-5-7-9-14/h5-11,15,23H,12-13H2,1-4H3. The number of nitrogens with one attached hydrogen (secondary N) is 1. The van der Waals surface area contributed by atoms with Crippen LogP contribution in [0.4, 0.5) is 11.9 Å². The second-order valence-electron chi connectivity index (χ2n) is 6.50. The molecule has 1 aliphatic rings. The predicted molar refractivity (Wildman–Crippen MR) is 110 cm³/mol. The lowest BCUT2D eigenvalue weighted by atomic mass is 10.3. The van der Waals surface area contributed by atoms with Crippen molar-refractivity contribution >= 4 is 17.8 Å². The maximum absolute atomic E-state index is 5.67. The first kappa shape index (κ1) is 20.3. The van der Waals surface area contributed by atoms with Gasteiger partial charge in [-0.2, -0.15) is 15.0 Å². The molecule has 154 valence electrons. The molecule has 1 N–H and O–H groups in total. The summed E-state index contributed by atoms with van der Waals surface area (Å²) in [4.78, 5) is 16.5. The summed E-state index contributed by atoms with van der Waals surface area (Å²) in [5.41, 5.74) is 2.87. The van der Waals surface area contributed by atoms with Crippen LogP contribution in [0.15, 0.2) is 47.6 Å². The van der Waals surface area contributed by atoms with E-state index in [2.05, 4.69) is 25.5 Å². The molecule has 0 radical (unpaired) electrons. The SMILES string of the molecule is CN(C)c1nc(OC2=NNC(OCCOc3ccccc3)C=C2)nc(N(C)C)n1. The van der Waals surface area contributed by atoms with Crippen LogP contribution in [0.3, 0.4) is 0 Å². The Morgan fingerprint density at radius 1 is 0.931 bits per heavy atom. The van der Waals surface area contributed by atoms with Gasteiger partial charge < -0.3 is 24.0 Å². The van der Waals surface area contributed by atoms with E-state index < -0.39 is 0 Å². The Balaban J connectivity index is 1.49. The van der Waals surface area contributed by atoms with Gasteiger partial charge in [0.1, 0.15) is 12.4 Å². The van der Waals surface area contributed by atoms with Crippen LogP contribution in [-0.2, 0) is 4.74 Å². The molecule has 10 heteroatoms. The first-order valence-electron chi connectivity index (χ1n) is 9.11. The van der Waals surface area contributed by atoms with Gasteiger partial charge in [0.15, 0.2) is 6.23 Å². The molecule has 0 bridgehead atoms. The summed E-state index contributed by atoms with van der Waals surface area (Å²) in [5.74, 6) is 2.12. The molecule has 0 saturated heterocycles. The largest absolute Gasteiger partial charge is 0.491 e. The van der Waals surface area contributed by atoms with E-state index in [1.165, 1.54) is 0 Å². The summed E-state index contributed by atoms with van der Waals surface area (Å²) < 4.78 is 16.9. The molecule has 1 aromatic carbocycles. The highest BCUT2D eigenvalue weighted by molar-refractivity contribution is 5.89. The fourth-order valence-electron chi connectivity index (χ4n) is 2.25. The van der Waals surface area contributed by atoms with Crippen LogP contribution in [-0.4, -0.2) is 68.5 Å². The maximum Gasteiger partial charge on any atom is 0.330 e. The van der Waals surface area contributed by atoms with Crippen LogP contribution in [0.5, 0.6) is 11.8 Å². The monoisotopic (exact) mass is 399 g/mol. The highest BCUT2D eigenvalue weighted by Crippen LogP contribution is 2.15. The summed E-state index contributed by atoms with van der Waals surface area (Å²) in [6.45, 7) is 0.850. The van der Waals surface area contributed by atoms with Crippen molar-refractivity contribution in [1.82, 2.24) is 20.4 Å². The molecule has 0 fully saturated rings. The second-order valence-corrected chi connectivity index (χ2v) is 6.50. The maximum atomic E-state index is 5.67. The lowest BCUT2D eigenvalue weighted by Crippen LogP contribution is -2.32. The lowest BCUT2D eigenvalue weighted by molar-refractivity contribution is 0.0412. The fraction of sp³-hybridized carbons (Fsp3) is 0.368. The van der Waals surface area contributed by atoms with Gasteiger partial charge in [0, 0.05) is 34.3 Å². The number of ether oxygens (including phenoxy) is 3. The zero-order valence-electron chi connectivity index (χ0n) is 16.9.